The zero-order valence-corrected chi connectivity index (χ0v) is 10.6. The zero-order chi connectivity index (χ0) is 11.5. The molecular formula is C11H21NO2S. The van der Waals surface area contributed by atoms with E-state index < -0.39 is 5.60 Å². The number of hydrogen-bond acceptors (Lipinski definition) is 3. The summed E-state index contributed by atoms with van der Waals surface area (Å²) in [6, 6.07) is 0.164. The summed E-state index contributed by atoms with van der Waals surface area (Å²) in [6.45, 7) is 5.60. The molecule has 1 amide bonds. The third-order valence-electron chi connectivity index (χ3n) is 2.43. The van der Waals surface area contributed by atoms with Crippen LogP contribution in [0.25, 0.3) is 0 Å². The highest BCUT2D eigenvalue weighted by atomic mass is 32.1. The van der Waals surface area contributed by atoms with E-state index in [4.69, 9.17) is 4.74 Å². The third-order valence-corrected chi connectivity index (χ3v) is 3.05. The number of alkyl carbamates (subject to hydrolysis) is 1. The molecular weight excluding hydrogens is 210 g/mol. The quantitative estimate of drug-likeness (QED) is 0.681. The summed E-state index contributed by atoms with van der Waals surface area (Å²) in [5.74, 6) is 0. The summed E-state index contributed by atoms with van der Waals surface area (Å²) in [7, 11) is 0. The Labute approximate surface area is 97.4 Å². The molecule has 1 saturated carbocycles. The van der Waals surface area contributed by atoms with Gasteiger partial charge in [0.05, 0.1) is 0 Å². The van der Waals surface area contributed by atoms with Gasteiger partial charge >= 0.3 is 6.09 Å². The Kier molecular flexibility index (Phi) is 4.32. The second-order valence-electron chi connectivity index (χ2n) is 5.10. The SMILES string of the molecule is CC(C)(C)OC(=O)NC1CCCCC1S. The highest BCUT2D eigenvalue weighted by molar-refractivity contribution is 7.81. The van der Waals surface area contributed by atoms with Crippen LogP contribution in [-0.4, -0.2) is 23.0 Å². The van der Waals surface area contributed by atoms with Gasteiger partial charge in [-0.1, -0.05) is 12.8 Å². The standard InChI is InChI=1S/C11H21NO2S/c1-11(2,3)14-10(13)12-8-6-4-5-7-9(8)15/h8-9,15H,4-7H2,1-3H3,(H,12,13). The minimum absolute atomic E-state index is 0.164. The van der Waals surface area contributed by atoms with E-state index in [0.29, 0.717) is 0 Å². The van der Waals surface area contributed by atoms with E-state index in [1.165, 1.54) is 6.42 Å². The van der Waals surface area contributed by atoms with Crippen LogP contribution in [0.4, 0.5) is 4.79 Å². The normalized spacial score (nSPS) is 27.2. The molecule has 1 N–H and O–H groups in total. The predicted molar refractivity (Wildman–Crippen MR) is 64.4 cm³/mol. The van der Waals surface area contributed by atoms with Crippen molar-refractivity contribution in [1.82, 2.24) is 5.32 Å². The van der Waals surface area contributed by atoms with E-state index in [9.17, 15) is 4.79 Å². The first-order valence-corrected chi connectivity index (χ1v) is 6.08. The Morgan fingerprint density at radius 1 is 1.33 bits per heavy atom. The highest BCUT2D eigenvalue weighted by Crippen LogP contribution is 2.23. The molecule has 0 aromatic rings. The smallest absolute Gasteiger partial charge is 0.407 e. The maximum atomic E-state index is 11.5. The molecule has 15 heavy (non-hydrogen) atoms. The number of ether oxygens (including phenoxy) is 1. The number of nitrogens with one attached hydrogen (secondary N) is 1. The van der Waals surface area contributed by atoms with Gasteiger partial charge < -0.3 is 10.1 Å². The Morgan fingerprint density at radius 3 is 2.47 bits per heavy atom. The number of hydrogen-bond donors (Lipinski definition) is 2. The van der Waals surface area contributed by atoms with Crippen LogP contribution in [0.1, 0.15) is 46.5 Å². The lowest BCUT2D eigenvalue weighted by molar-refractivity contribution is 0.0495. The van der Waals surface area contributed by atoms with Gasteiger partial charge in [0, 0.05) is 11.3 Å². The Bertz CT molecular complexity index is 225. The van der Waals surface area contributed by atoms with E-state index in [0.717, 1.165) is 19.3 Å². The van der Waals surface area contributed by atoms with Crippen LogP contribution in [0.3, 0.4) is 0 Å². The number of carbonyl (C=O) groups is 1. The topological polar surface area (TPSA) is 38.3 Å². The first kappa shape index (κ1) is 12.7. The average Bonchev–Trinajstić information content (AvgIpc) is 2.05. The first-order chi connectivity index (χ1) is 6.88. The fourth-order valence-electron chi connectivity index (χ4n) is 1.74. The van der Waals surface area contributed by atoms with Crippen LogP contribution < -0.4 is 5.32 Å². The summed E-state index contributed by atoms with van der Waals surface area (Å²) in [6.07, 6.45) is 4.13. The molecule has 2 atom stereocenters. The van der Waals surface area contributed by atoms with E-state index in [2.05, 4.69) is 17.9 Å². The van der Waals surface area contributed by atoms with Crippen molar-refractivity contribution in [3.8, 4) is 0 Å². The van der Waals surface area contributed by atoms with Crippen LogP contribution in [0.15, 0.2) is 0 Å². The lowest BCUT2D eigenvalue weighted by Gasteiger charge is -2.30. The van der Waals surface area contributed by atoms with Crippen LogP contribution in [0.5, 0.6) is 0 Å². The van der Waals surface area contributed by atoms with Crippen molar-refractivity contribution in [2.75, 3.05) is 0 Å². The number of carbonyl (C=O) groups excluding carboxylic acids is 1. The third kappa shape index (κ3) is 4.78. The van der Waals surface area contributed by atoms with Crippen LogP contribution >= 0.6 is 12.6 Å². The molecule has 0 bridgehead atoms. The summed E-state index contributed by atoms with van der Waals surface area (Å²) in [5.41, 5.74) is -0.426. The minimum Gasteiger partial charge on any atom is -0.444 e. The van der Waals surface area contributed by atoms with Crippen molar-refractivity contribution in [3.63, 3.8) is 0 Å². The average molecular weight is 231 g/mol. The predicted octanol–water partition coefficient (Wildman–Crippen LogP) is 2.75. The molecule has 4 heteroatoms. The molecule has 0 aromatic carbocycles. The van der Waals surface area contributed by atoms with Gasteiger partial charge in [-0.05, 0) is 33.6 Å². The lowest BCUT2D eigenvalue weighted by atomic mass is 9.95. The first-order valence-electron chi connectivity index (χ1n) is 5.56. The van der Waals surface area contributed by atoms with Crippen LogP contribution in [-0.2, 0) is 4.74 Å². The van der Waals surface area contributed by atoms with Gasteiger partial charge in [0.25, 0.3) is 0 Å². The van der Waals surface area contributed by atoms with Gasteiger partial charge in [-0.15, -0.1) is 0 Å². The Hall–Kier alpha value is -0.380. The number of amides is 1. The van der Waals surface area contributed by atoms with Crippen molar-refractivity contribution in [2.24, 2.45) is 0 Å². The Morgan fingerprint density at radius 2 is 1.93 bits per heavy atom. The molecule has 0 saturated heterocycles. The molecule has 1 fully saturated rings. The maximum Gasteiger partial charge on any atom is 0.407 e. The van der Waals surface area contributed by atoms with E-state index in [1.807, 2.05) is 20.8 Å². The van der Waals surface area contributed by atoms with Gasteiger partial charge in [-0.25, -0.2) is 4.79 Å². The Balaban J connectivity index is 2.36. The minimum atomic E-state index is -0.426. The lowest BCUT2D eigenvalue weighted by Crippen LogP contribution is -2.45. The summed E-state index contributed by atoms with van der Waals surface area (Å²) in [4.78, 5) is 11.5. The van der Waals surface area contributed by atoms with Crippen molar-refractivity contribution in [1.29, 1.82) is 0 Å². The molecule has 2 unspecified atom stereocenters. The summed E-state index contributed by atoms with van der Waals surface area (Å²) in [5, 5.41) is 3.16. The molecule has 1 aliphatic rings. The summed E-state index contributed by atoms with van der Waals surface area (Å²) >= 11 is 4.47. The molecule has 1 rings (SSSR count). The van der Waals surface area contributed by atoms with Gasteiger partial charge in [0.2, 0.25) is 0 Å². The van der Waals surface area contributed by atoms with Crippen molar-refractivity contribution in [3.05, 3.63) is 0 Å². The highest BCUT2D eigenvalue weighted by Gasteiger charge is 2.25. The molecule has 0 aliphatic heterocycles. The van der Waals surface area contributed by atoms with Gasteiger partial charge in [0.15, 0.2) is 0 Å². The number of rotatable bonds is 1. The van der Waals surface area contributed by atoms with Gasteiger partial charge in [-0.3, -0.25) is 0 Å². The van der Waals surface area contributed by atoms with Crippen LogP contribution in [0, 0.1) is 0 Å². The fraction of sp³-hybridized carbons (Fsp3) is 0.909. The van der Waals surface area contributed by atoms with E-state index in [-0.39, 0.29) is 17.4 Å². The fourth-order valence-corrected chi connectivity index (χ4v) is 2.14. The number of thiol groups is 1. The van der Waals surface area contributed by atoms with Gasteiger partial charge in [0.1, 0.15) is 5.60 Å². The summed E-state index contributed by atoms with van der Waals surface area (Å²) < 4.78 is 5.20. The van der Waals surface area contributed by atoms with Crippen LogP contribution in [0.2, 0.25) is 0 Å². The van der Waals surface area contributed by atoms with E-state index >= 15 is 0 Å². The molecule has 0 heterocycles. The molecule has 88 valence electrons. The monoisotopic (exact) mass is 231 g/mol. The molecule has 0 aromatic heterocycles. The van der Waals surface area contributed by atoms with Crippen molar-refractivity contribution >= 4 is 18.7 Å². The second kappa shape index (κ2) is 5.10. The molecule has 3 nitrogen and oxygen atoms in total. The maximum absolute atomic E-state index is 11.5. The zero-order valence-electron chi connectivity index (χ0n) is 9.75. The molecule has 0 spiro atoms. The van der Waals surface area contributed by atoms with Crippen molar-refractivity contribution in [2.45, 2.75) is 63.3 Å². The van der Waals surface area contributed by atoms with Crippen molar-refractivity contribution < 1.29 is 9.53 Å². The van der Waals surface area contributed by atoms with Gasteiger partial charge in [-0.2, -0.15) is 12.6 Å². The largest absolute Gasteiger partial charge is 0.444 e. The van der Waals surface area contributed by atoms with E-state index in [1.54, 1.807) is 0 Å². The molecule has 1 aliphatic carbocycles. The second-order valence-corrected chi connectivity index (χ2v) is 5.77. The molecule has 0 radical (unpaired) electrons.